The number of para-hydroxylation sites is 1. The van der Waals surface area contributed by atoms with E-state index in [1.165, 1.54) is 0 Å². The Morgan fingerprint density at radius 3 is 2.88 bits per heavy atom. The third-order valence-corrected chi connectivity index (χ3v) is 3.07. The number of rotatable bonds is 3. The summed E-state index contributed by atoms with van der Waals surface area (Å²) in [6.45, 7) is 1.90. The minimum atomic E-state index is -0.325. The van der Waals surface area contributed by atoms with Crippen LogP contribution in [-0.2, 0) is 0 Å². The fourth-order valence-corrected chi connectivity index (χ4v) is 2.12. The summed E-state index contributed by atoms with van der Waals surface area (Å²) in [6, 6.07) is 5.47. The largest absolute Gasteiger partial charge is 0.376 e. The summed E-state index contributed by atoms with van der Waals surface area (Å²) in [4.78, 5) is 10.6. The molecule has 1 unspecified atom stereocenters. The number of nitrogens with zero attached hydrogens (tertiary/aromatic N) is 1. The topological polar surface area (TPSA) is 55.2 Å². The molecule has 1 aromatic carbocycles. The molecule has 1 atom stereocenters. The van der Waals surface area contributed by atoms with Crippen molar-refractivity contribution in [1.29, 1.82) is 0 Å². The first-order valence-electron chi connectivity index (χ1n) is 5.84. The van der Waals surface area contributed by atoms with E-state index in [9.17, 15) is 10.1 Å². The molecule has 0 heterocycles. The number of anilines is 1. The molecular weight excluding hydrogens is 216 g/mol. The van der Waals surface area contributed by atoms with Crippen LogP contribution < -0.4 is 5.32 Å². The molecule has 2 rings (SSSR count). The zero-order chi connectivity index (χ0) is 12.3. The minimum absolute atomic E-state index is 0.166. The van der Waals surface area contributed by atoms with Crippen LogP contribution in [0.3, 0.4) is 0 Å². The van der Waals surface area contributed by atoms with Crippen LogP contribution in [0.15, 0.2) is 30.4 Å². The highest BCUT2D eigenvalue weighted by Crippen LogP contribution is 2.29. The number of hydrogen-bond donors (Lipinski definition) is 1. The van der Waals surface area contributed by atoms with E-state index in [0.29, 0.717) is 11.7 Å². The summed E-state index contributed by atoms with van der Waals surface area (Å²) >= 11 is 0. The minimum Gasteiger partial charge on any atom is -0.376 e. The fourth-order valence-electron chi connectivity index (χ4n) is 2.12. The lowest BCUT2D eigenvalue weighted by Crippen LogP contribution is -2.21. The molecule has 90 valence electrons. The van der Waals surface area contributed by atoms with Crippen LogP contribution in [0.4, 0.5) is 11.4 Å². The zero-order valence-electron chi connectivity index (χ0n) is 9.85. The Balaban J connectivity index is 2.24. The average molecular weight is 232 g/mol. The summed E-state index contributed by atoms with van der Waals surface area (Å²) in [5.41, 5.74) is 1.76. The predicted molar refractivity (Wildman–Crippen MR) is 68.2 cm³/mol. The average Bonchev–Trinajstić information content (AvgIpc) is 2.33. The number of benzene rings is 1. The number of allylic oxidation sites excluding steroid dienone is 1. The highest BCUT2D eigenvalue weighted by molar-refractivity contribution is 5.66. The molecule has 0 fully saturated rings. The quantitative estimate of drug-likeness (QED) is 0.493. The van der Waals surface area contributed by atoms with Gasteiger partial charge in [-0.1, -0.05) is 24.3 Å². The standard InChI is InChI=1S/C13H16N2O2/c1-10-6-5-9-12(15(16)17)13(10)14-11-7-3-2-4-8-11/h2-3,5-6,9,11,14H,4,7-8H2,1H3. The number of nitro groups is 1. The van der Waals surface area contributed by atoms with Crippen LogP contribution in [-0.4, -0.2) is 11.0 Å². The Kier molecular flexibility index (Phi) is 3.42. The second-order valence-electron chi connectivity index (χ2n) is 4.35. The van der Waals surface area contributed by atoms with Gasteiger partial charge in [-0.05, 0) is 31.7 Å². The molecular formula is C13H16N2O2. The summed E-state index contributed by atoms with van der Waals surface area (Å²) < 4.78 is 0. The van der Waals surface area contributed by atoms with Crippen molar-refractivity contribution in [3.8, 4) is 0 Å². The van der Waals surface area contributed by atoms with Gasteiger partial charge in [0.05, 0.1) is 4.92 Å². The first kappa shape index (κ1) is 11.6. The third kappa shape index (κ3) is 2.64. The van der Waals surface area contributed by atoms with Crippen LogP contribution in [0.1, 0.15) is 24.8 Å². The van der Waals surface area contributed by atoms with Crippen LogP contribution in [0.2, 0.25) is 0 Å². The molecule has 0 saturated heterocycles. The van der Waals surface area contributed by atoms with E-state index >= 15 is 0 Å². The molecule has 0 spiro atoms. The Morgan fingerprint density at radius 1 is 1.41 bits per heavy atom. The van der Waals surface area contributed by atoms with Gasteiger partial charge in [-0.2, -0.15) is 0 Å². The van der Waals surface area contributed by atoms with Gasteiger partial charge in [-0.25, -0.2) is 0 Å². The van der Waals surface area contributed by atoms with Crippen molar-refractivity contribution < 1.29 is 4.92 Å². The molecule has 0 aromatic heterocycles. The second-order valence-corrected chi connectivity index (χ2v) is 4.35. The first-order valence-corrected chi connectivity index (χ1v) is 5.84. The second kappa shape index (κ2) is 4.99. The van der Waals surface area contributed by atoms with Gasteiger partial charge in [0.15, 0.2) is 0 Å². The Bertz CT molecular complexity index is 455. The molecule has 0 amide bonds. The summed E-state index contributed by atoms with van der Waals surface area (Å²) in [7, 11) is 0. The van der Waals surface area contributed by atoms with Gasteiger partial charge in [-0.3, -0.25) is 10.1 Å². The molecule has 17 heavy (non-hydrogen) atoms. The van der Waals surface area contributed by atoms with Gasteiger partial charge >= 0.3 is 0 Å². The Hall–Kier alpha value is -1.84. The molecule has 0 aliphatic heterocycles. The maximum atomic E-state index is 11.0. The highest BCUT2D eigenvalue weighted by atomic mass is 16.6. The van der Waals surface area contributed by atoms with E-state index in [0.717, 1.165) is 24.8 Å². The van der Waals surface area contributed by atoms with Crippen LogP contribution in [0, 0.1) is 17.0 Å². The van der Waals surface area contributed by atoms with Crippen LogP contribution >= 0.6 is 0 Å². The molecule has 1 N–H and O–H groups in total. The maximum Gasteiger partial charge on any atom is 0.292 e. The SMILES string of the molecule is Cc1cccc([N+](=O)[O-])c1NC1CC=CCC1. The van der Waals surface area contributed by atoms with Crippen molar-refractivity contribution >= 4 is 11.4 Å². The first-order chi connectivity index (χ1) is 8.18. The normalized spacial score (nSPS) is 19.0. The number of nitro benzene ring substituents is 1. The van der Waals surface area contributed by atoms with Crippen LogP contribution in [0.5, 0.6) is 0 Å². The molecule has 4 nitrogen and oxygen atoms in total. The molecule has 1 aliphatic carbocycles. The fraction of sp³-hybridized carbons (Fsp3) is 0.385. The zero-order valence-corrected chi connectivity index (χ0v) is 9.85. The summed E-state index contributed by atoms with van der Waals surface area (Å²) in [5.74, 6) is 0. The van der Waals surface area contributed by atoms with Gasteiger partial charge in [0.1, 0.15) is 5.69 Å². The van der Waals surface area contributed by atoms with Crippen LogP contribution in [0.25, 0.3) is 0 Å². The molecule has 0 radical (unpaired) electrons. The lowest BCUT2D eigenvalue weighted by molar-refractivity contribution is -0.384. The van der Waals surface area contributed by atoms with Gasteiger partial charge in [0.2, 0.25) is 0 Å². The van der Waals surface area contributed by atoms with Crippen molar-refractivity contribution in [1.82, 2.24) is 0 Å². The smallest absolute Gasteiger partial charge is 0.292 e. The summed E-state index contributed by atoms with van der Waals surface area (Å²) in [6.07, 6.45) is 7.29. The van der Waals surface area contributed by atoms with E-state index in [-0.39, 0.29) is 10.6 Å². The number of hydrogen-bond acceptors (Lipinski definition) is 3. The lowest BCUT2D eigenvalue weighted by atomic mass is 10.0. The van der Waals surface area contributed by atoms with Crippen molar-refractivity contribution in [2.75, 3.05) is 5.32 Å². The number of aryl methyl sites for hydroxylation is 1. The Labute approximate surface area is 100 Å². The molecule has 4 heteroatoms. The monoisotopic (exact) mass is 232 g/mol. The molecule has 1 aliphatic rings. The highest BCUT2D eigenvalue weighted by Gasteiger charge is 2.18. The third-order valence-electron chi connectivity index (χ3n) is 3.07. The van der Waals surface area contributed by atoms with Crippen molar-refractivity contribution in [2.24, 2.45) is 0 Å². The van der Waals surface area contributed by atoms with E-state index in [1.54, 1.807) is 12.1 Å². The van der Waals surface area contributed by atoms with Gasteiger partial charge in [0, 0.05) is 12.1 Å². The molecule has 0 saturated carbocycles. The van der Waals surface area contributed by atoms with Crippen molar-refractivity contribution in [2.45, 2.75) is 32.2 Å². The lowest BCUT2D eigenvalue weighted by Gasteiger charge is -2.21. The number of nitrogens with one attached hydrogen (secondary N) is 1. The van der Waals surface area contributed by atoms with Gasteiger partial charge in [-0.15, -0.1) is 0 Å². The van der Waals surface area contributed by atoms with E-state index in [1.807, 2.05) is 13.0 Å². The van der Waals surface area contributed by atoms with E-state index < -0.39 is 0 Å². The van der Waals surface area contributed by atoms with E-state index in [2.05, 4.69) is 17.5 Å². The van der Waals surface area contributed by atoms with Gasteiger partial charge < -0.3 is 5.32 Å². The predicted octanol–water partition coefficient (Wildman–Crippen LogP) is 3.42. The van der Waals surface area contributed by atoms with E-state index in [4.69, 9.17) is 0 Å². The van der Waals surface area contributed by atoms with Gasteiger partial charge in [0.25, 0.3) is 5.69 Å². The summed E-state index contributed by atoms with van der Waals surface area (Å²) in [5, 5.41) is 14.3. The van der Waals surface area contributed by atoms with Crippen molar-refractivity contribution in [3.63, 3.8) is 0 Å². The maximum absolute atomic E-state index is 11.0. The molecule has 0 bridgehead atoms. The Morgan fingerprint density at radius 2 is 2.24 bits per heavy atom. The molecule has 1 aromatic rings. The van der Waals surface area contributed by atoms with Crippen molar-refractivity contribution in [3.05, 3.63) is 46.0 Å².